The molecular formula is C13H18FN3O2. The molecule has 0 radical (unpaired) electrons. The van der Waals surface area contributed by atoms with Gasteiger partial charge in [0.25, 0.3) is 5.91 Å². The Morgan fingerprint density at radius 2 is 2.21 bits per heavy atom. The van der Waals surface area contributed by atoms with E-state index in [9.17, 15) is 9.18 Å². The largest absolute Gasteiger partial charge is 0.409 e. The monoisotopic (exact) mass is 267 g/mol. The van der Waals surface area contributed by atoms with Crippen LogP contribution in [0.25, 0.3) is 0 Å². The lowest BCUT2D eigenvalue weighted by atomic mass is 10.1. The van der Waals surface area contributed by atoms with Crippen LogP contribution in [0.1, 0.15) is 22.8 Å². The molecule has 0 fully saturated rings. The number of nitrogens with zero attached hydrogens (tertiary/aromatic N) is 2. The maximum Gasteiger partial charge on any atom is 0.256 e. The molecule has 6 heteroatoms. The van der Waals surface area contributed by atoms with Crippen LogP contribution in [0.3, 0.4) is 0 Å². The minimum Gasteiger partial charge on any atom is -0.409 e. The predicted octanol–water partition coefficient (Wildman–Crippen LogP) is 1.59. The molecule has 104 valence electrons. The van der Waals surface area contributed by atoms with Crippen LogP contribution in [0, 0.1) is 18.7 Å². The number of nitrogens with two attached hydrogens (primary N) is 1. The van der Waals surface area contributed by atoms with Gasteiger partial charge in [0.05, 0.1) is 5.56 Å². The van der Waals surface area contributed by atoms with Gasteiger partial charge in [-0.15, -0.1) is 0 Å². The number of rotatable bonds is 4. The topological polar surface area (TPSA) is 78.9 Å². The Morgan fingerprint density at radius 3 is 2.79 bits per heavy atom. The fraction of sp³-hybridized carbons (Fsp3) is 0.385. The van der Waals surface area contributed by atoms with Crippen molar-refractivity contribution < 1.29 is 14.4 Å². The quantitative estimate of drug-likeness (QED) is 0.376. The van der Waals surface area contributed by atoms with Crippen molar-refractivity contribution in [1.29, 1.82) is 0 Å². The van der Waals surface area contributed by atoms with E-state index in [0.29, 0.717) is 0 Å². The minimum atomic E-state index is -0.557. The van der Waals surface area contributed by atoms with Gasteiger partial charge >= 0.3 is 0 Å². The summed E-state index contributed by atoms with van der Waals surface area (Å²) in [4.78, 5) is 13.5. The highest BCUT2D eigenvalue weighted by Crippen LogP contribution is 2.13. The number of amidine groups is 1. The third kappa shape index (κ3) is 3.67. The first-order valence-corrected chi connectivity index (χ1v) is 5.85. The van der Waals surface area contributed by atoms with E-state index in [1.54, 1.807) is 27.0 Å². The van der Waals surface area contributed by atoms with Gasteiger partial charge in [0.15, 0.2) is 0 Å². The Hall–Kier alpha value is -2.11. The van der Waals surface area contributed by atoms with Gasteiger partial charge in [0.1, 0.15) is 11.7 Å². The summed E-state index contributed by atoms with van der Waals surface area (Å²) in [6, 6.07) is 4.37. The second-order valence-corrected chi connectivity index (χ2v) is 4.59. The summed E-state index contributed by atoms with van der Waals surface area (Å²) >= 11 is 0. The third-order valence-electron chi connectivity index (χ3n) is 2.87. The molecule has 1 atom stereocenters. The molecule has 0 saturated heterocycles. The summed E-state index contributed by atoms with van der Waals surface area (Å²) in [6.07, 6.45) is 0. The Kier molecular flexibility index (Phi) is 4.86. The number of halogens is 1. The van der Waals surface area contributed by atoms with Crippen molar-refractivity contribution in [1.82, 2.24) is 4.90 Å². The number of amides is 1. The number of carbonyl (C=O) groups excluding carboxylic acids is 1. The molecule has 1 aromatic rings. The molecule has 0 heterocycles. The number of hydrogen-bond donors (Lipinski definition) is 2. The first kappa shape index (κ1) is 14.9. The Balaban J connectivity index is 2.85. The van der Waals surface area contributed by atoms with Crippen LogP contribution in [-0.2, 0) is 0 Å². The van der Waals surface area contributed by atoms with Gasteiger partial charge in [-0.25, -0.2) is 4.39 Å². The normalized spacial score (nSPS) is 13.2. The number of hydrogen-bond acceptors (Lipinski definition) is 3. The van der Waals surface area contributed by atoms with Crippen LogP contribution in [0.5, 0.6) is 0 Å². The Labute approximate surface area is 111 Å². The van der Waals surface area contributed by atoms with E-state index in [4.69, 9.17) is 10.9 Å². The Morgan fingerprint density at radius 1 is 1.58 bits per heavy atom. The molecule has 19 heavy (non-hydrogen) atoms. The molecule has 0 aliphatic rings. The zero-order valence-electron chi connectivity index (χ0n) is 11.2. The van der Waals surface area contributed by atoms with Crippen molar-refractivity contribution in [3.8, 4) is 0 Å². The number of oxime groups is 1. The van der Waals surface area contributed by atoms with E-state index in [1.807, 2.05) is 0 Å². The van der Waals surface area contributed by atoms with E-state index < -0.39 is 11.7 Å². The summed E-state index contributed by atoms with van der Waals surface area (Å²) in [6.45, 7) is 3.74. The second kappa shape index (κ2) is 6.17. The van der Waals surface area contributed by atoms with Crippen LogP contribution in [-0.4, -0.2) is 35.4 Å². The van der Waals surface area contributed by atoms with E-state index in [2.05, 4.69) is 5.16 Å². The molecule has 0 aliphatic heterocycles. The molecule has 1 unspecified atom stereocenters. The maximum atomic E-state index is 13.6. The molecule has 3 N–H and O–H groups in total. The lowest BCUT2D eigenvalue weighted by Gasteiger charge is -2.21. The standard InChI is InChI=1S/C13H18FN3O2/c1-8-4-5-11(14)10(6-8)13(18)17(3)7-9(2)12(15)16-19/h4-6,9,19H,7H2,1-3H3,(H2,15,16). The number of carbonyl (C=O) groups is 1. The summed E-state index contributed by atoms with van der Waals surface area (Å²) in [5.74, 6) is -1.27. The molecule has 0 bridgehead atoms. The van der Waals surface area contributed by atoms with Crippen molar-refractivity contribution >= 4 is 11.7 Å². The highest BCUT2D eigenvalue weighted by atomic mass is 19.1. The molecule has 0 aromatic heterocycles. The van der Waals surface area contributed by atoms with Gasteiger partial charge in [0, 0.05) is 19.5 Å². The van der Waals surface area contributed by atoms with Crippen LogP contribution in [0.2, 0.25) is 0 Å². The average Bonchev–Trinajstić information content (AvgIpc) is 2.39. The lowest BCUT2D eigenvalue weighted by Crippen LogP contribution is -2.36. The van der Waals surface area contributed by atoms with Gasteiger partial charge < -0.3 is 15.8 Å². The fourth-order valence-corrected chi connectivity index (χ4v) is 1.69. The van der Waals surface area contributed by atoms with Gasteiger partial charge in [-0.3, -0.25) is 4.79 Å². The highest BCUT2D eigenvalue weighted by molar-refractivity contribution is 5.95. The van der Waals surface area contributed by atoms with Crippen LogP contribution >= 0.6 is 0 Å². The molecule has 1 amide bonds. The number of aryl methyl sites for hydroxylation is 1. The lowest BCUT2D eigenvalue weighted by molar-refractivity contribution is 0.0781. The average molecular weight is 267 g/mol. The van der Waals surface area contributed by atoms with E-state index in [0.717, 1.165) is 5.56 Å². The van der Waals surface area contributed by atoms with Gasteiger partial charge in [0.2, 0.25) is 0 Å². The highest BCUT2D eigenvalue weighted by Gasteiger charge is 2.19. The molecule has 0 spiro atoms. The fourth-order valence-electron chi connectivity index (χ4n) is 1.69. The van der Waals surface area contributed by atoms with Crippen LogP contribution in [0.4, 0.5) is 4.39 Å². The van der Waals surface area contributed by atoms with Crippen molar-refractivity contribution in [2.45, 2.75) is 13.8 Å². The van der Waals surface area contributed by atoms with E-state index >= 15 is 0 Å². The predicted molar refractivity (Wildman–Crippen MR) is 70.7 cm³/mol. The first-order valence-electron chi connectivity index (χ1n) is 5.85. The summed E-state index contributed by atoms with van der Waals surface area (Å²) < 4.78 is 13.6. The van der Waals surface area contributed by atoms with E-state index in [1.165, 1.54) is 17.0 Å². The first-order chi connectivity index (χ1) is 8.86. The van der Waals surface area contributed by atoms with Crippen molar-refractivity contribution in [2.75, 3.05) is 13.6 Å². The van der Waals surface area contributed by atoms with E-state index in [-0.39, 0.29) is 23.9 Å². The summed E-state index contributed by atoms with van der Waals surface area (Å²) in [5, 5.41) is 11.4. The molecule has 1 rings (SSSR count). The van der Waals surface area contributed by atoms with Crippen LogP contribution < -0.4 is 5.73 Å². The molecule has 0 aliphatic carbocycles. The molecular weight excluding hydrogens is 249 g/mol. The zero-order valence-corrected chi connectivity index (χ0v) is 11.2. The van der Waals surface area contributed by atoms with Crippen molar-refractivity contribution in [3.63, 3.8) is 0 Å². The van der Waals surface area contributed by atoms with Gasteiger partial charge in [-0.05, 0) is 19.1 Å². The number of benzene rings is 1. The summed E-state index contributed by atoms with van der Waals surface area (Å²) in [7, 11) is 1.55. The van der Waals surface area contributed by atoms with Crippen molar-refractivity contribution in [2.24, 2.45) is 16.8 Å². The van der Waals surface area contributed by atoms with Gasteiger partial charge in [-0.2, -0.15) is 0 Å². The van der Waals surface area contributed by atoms with Gasteiger partial charge in [-0.1, -0.05) is 23.7 Å². The molecule has 5 nitrogen and oxygen atoms in total. The van der Waals surface area contributed by atoms with Crippen LogP contribution in [0.15, 0.2) is 23.4 Å². The third-order valence-corrected chi connectivity index (χ3v) is 2.87. The minimum absolute atomic E-state index is 0.0224. The molecule has 1 aromatic carbocycles. The zero-order chi connectivity index (χ0) is 14.6. The Bertz CT molecular complexity index is 503. The second-order valence-electron chi connectivity index (χ2n) is 4.59. The smallest absolute Gasteiger partial charge is 0.256 e. The maximum absolute atomic E-state index is 13.6. The van der Waals surface area contributed by atoms with Crippen molar-refractivity contribution in [3.05, 3.63) is 35.1 Å². The summed E-state index contributed by atoms with van der Waals surface area (Å²) in [5.41, 5.74) is 6.28. The molecule has 0 saturated carbocycles. The SMILES string of the molecule is Cc1ccc(F)c(C(=O)N(C)CC(C)/C(N)=N/O)c1.